The van der Waals surface area contributed by atoms with E-state index in [2.05, 4.69) is 21.6 Å². The third-order valence-electron chi connectivity index (χ3n) is 4.27. The fourth-order valence-corrected chi connectivity index (χ4v) is 3.05. The van der Waals surface area contributed by atoms with Crippen LogP contribution >= 0.6 is 0 Å². The van der Waals surface area contributed by atoms with E-state index in [0.717, 1.165) is 35.6 Å². The topological polar surface area (TPSA) is 65.6 Å². The first-order valence-corrected chi connectivity index (χ1v) is 7.62. The maximum Gasteiger partial charge on any atom is 0.165 e. The van der Waals surface area contributed by atoms with E-state index in [1.165, 1.54) is 0 Å². The molecule has 7 heteroatoms. The highest BCUT2D eigenvalue weighted by Crippen LogP contribution is 2.31. The number of pyridine rings is 1. The molecule has 1 N–H and O–H groups in total. The lowest BCUT2D eigenvalue weighted by atomic mass is 10.1. The molecule has 1 fully saturated rings. The molecule has 0 bridgehead atoms. The van der Waals surface area contributed by atoms with Gasteiger partial charge in [0, 0.05) is 45.2 Å². The normalized spacial score (nSPS) is 21.1. The summed E-state index contributed by atoms with van der Waals surface area (Å²) in [6, 6.07) is 6.07. The van der Waals surface area contributed by atoms with Gasteiger partial charge in [0.05, 0.1) is 11.7 Å². The summed E-state index contributed by atoms with van der Waals surface area (Å²) >= 11 is 0. The van der Waals surface area contributed by atoms with Crippen LogP contribution in [0, 0.1) is 0 Å². The van der Waals surface area contributed by atoms with Crippen LogP contribution in [-0.2, 0) is 11.8 Å². The summed E-state index contributed by atoms with van der Waals surface area (Å²) in [6.07, 6.45) is 5.53. The van der Waals surface area contributed by atoms with Crippen molar-refractivity contribution >= 4 is 5.52 Å². The van der Waals surface area contributed by atoms with Crippen LogP contribution in [0.1, 0.15) is 0 Å². The summed E-state index contributed by atoms with van der Waals surface area (Å²) in [7, 11) is 3.63. The Labute approximate surface area is 133 Å². The highest BCUT2D eigenvalue weighted by atomic mass is 16.5. The predicted molar refractivity (Wildman–Crippen MR) is 85.5 cm³/mol. The fraction of sp³-hybridized carbons (Fsp3) is 0.375. The van der Waals surface area contributed by atoms with Crippen molar-refractivity contribution < 1.29 is 9.47 Å². The Hall–Kier alpha value is -2.38. The number of fused-ring (bicyclic) bond motifs is 1. The molecule has 4 heterocycles. The van der Waals surface area contributed by atoms with Gasteiger partial charge in [-0.15, -0.1) is 0 Å². The number of aryl methyl sites for hydroxylation is 1. The maximum absolute atomic E-state index is 6.19. The Bertz CT molecular complexity index is 825. The minimum atomic E-state index is -0.0124. The number of rotatable bonds is 4. The minimum absolute atomic E-state index is 0.0124. The standard InChI is InChI=1S/C16H19N5O2/c1-20-16(11-4-6-21-12(7-11)3-5-18-21)15(10-19-20)23-14-9-17-8-13(14)22-2/h3-7,10,13-14,17H,8-9H2,1-2H3. The van der Waals surface area contributed by atoms with Crippen LogP contribution in [0.2, 0.25) is 0 Å². The van der Waals surface area contributed by atoms with Gasteiger partial charge in [-0.2, -0.15) is 10.2 Å². The smallest absolute Gasteiger partial charge is 0.165 e. The molecule has 1 saturated heterocycles. The molecule has 120 valence electrons. The Kier molecular flexibility index (Phi) is 3.51. The monoisotopic (exact) mass is 313 g/mol. The maximum atomic E-state index is 6.19. The van der Waals surface area contributed by atoms with Crippen molar-refractivity contribution in [3.63, 3.8) is 0 Å². The van der Waals surface area contributed by atoms with E-state index < -0.39 is 0 Å². The molecular formula is C16H19N5O2. The van der Waals surface area contributed by atoms with Gasteiger partial charge in [0.25, 0.3) is 0 Å². The van der Waals surface area contributed by atoms with Gasteiger partial charge in [-0.25, -0.2) is 4.52 Å². The summed E-state index contributed by atoms with van der Waals surface area (Å²) in [6.45, 7) is 1.58. The number of ether oxygens (including phenoxy) is 2. The third kappa shape index (κ3) is 2.47. The molecule has 3 aromatic rings. The molecular weight excluding hydrogens is 294 g/mol. The van der Waals surface area contributed by atoms with Gasteiger partial charge < -0.3 is 14.8 Å². The van der Waals surface area contributed by atoms with E-state index in [0.29, 0.717) is 0 Å². The van der Waals surface area contributed by atoms with Gasteiger partial charge in [-0.3, -0.25) is 4.68 Å². The second-order valence-electron chi connectivity index (χ2n) is 5.69. The predicted octanol–water partition coefficient (Wildman–Crippen LogP) is 1.10. The van der Waals surface area contributed by atoms with Crippen molar-refractivity contribution in [2.75, 3.05) is 20.2 Å². The molecule has 0 saturated carbocycles. The van der Waals surface area contributed by atoms with E-state index in [1.807, 2.05) is 34.6 Å². The summed E-state index contributed by atoms with van der Waals surface area (Å²) in [4.78, 5) is 0. The molecule has 3 aromatic heterocycles. The van der Waals surface area contributed by atoms with E-state index in [1.54, 1.807) is 19.5 Å². The summed E-state index contributed by atoms with van der Waals surface area (Å²) in [5.41, 5.74) is 3.04. The molecule has 0 radical (unpaired) electrons. The van der Waals surface area contributed by atoms with Crippen molar-refractivity contribution in [1.82, 2.24) is 24.7 Å². The second kappa shape index (κ2) is 5.68. The van der Waals surface area contributed by atoms with Crippen molar-refractivity contribution in [2.24, 2.45) is 7.05 Å². The second-order valence-corrected chi connectivity index (χ2v) is 5.69. The number of hydrogen-bond donors (Lipinski definition) is 1. The van der Waals surface area contributed by atoms with E-state index in [4.69, 9.17) is 9.47 Å². The largest absolute Gasteiger partial charge is 0.482 e. The molecule has 0 amide bonds. The lowest BCUT2D eigenvalue weighted by Gasteiger charge is -2.19. The van der Waals surface area contributed by atoms with Crippen LogP contribution in [0.15, 0.2) is 36.8 Å². The van der Waals surface area contributed by atoms with Crippen molar-refractivity contribution in [3.05, 3.63) is 36.8 Å². The van der Waals surface area contributed by atoms with Gasteiger partial charge in [-0.1, -0.05) is 0 Å². The molecule has 1 aliphatic rings. The van der Waals surface area contributed by atoms with Crippen LogP contribution in [0.25, 0.3) is 16.8 Å². The first-order chi connectivity index (χ1) is 11.3. The summed E-state index contributed by atoms with van der Waals surface area (Å²) in [5.74, 6) is 0.770. The zero-order chi connectivity index (χ0) is 15.8. The minimum Gasteiger partial charge on any atom is -0.482 e. The Morgan fingerprint density at radius 3 is 2.96 bits per heavy atom. The number of nitrogens with one attached hydrogen (secondary N) is 1. The molecule has 0 aliphatic carbocycles. The van der Waals surface area contributed by atoms with Crippen LogP contribution < -0.4 is 10.1 Å². The zero-order valence-electron chi connectivity index (χ0n) is 13.1. The van der Waals surface area contributed by atoms with Crippen LogP contribution in [0.3, 0.4) is 0 Å². The van der Waals surface area contributed by atoms with Crippen molar-refractivity contribution in [1.29, 1.82) is 0 Å². The van der Waals surface area contributed by atoms with E-state index in [-0.39, 0.29) is 12.2 Å². The van der Waals surface area contributed by atoms with E-state index >= 15 is 0 Å². The van der Waals surface area contributed by atoms with Crippen LogP contribution in [0.5, 0.6) is 5.75 Å². The first kappa shape index (κ1) is 14.2. The molecule has 0 aromatic carbocycles. The lowest BCUT2D eigenvalue weighted by molar-refractivity contribution is 0.0349. The number of nitrogens with zero attached hydrogens (tertiary/aromatic N) is 4. The summed E-state index contributed by atoms with van der Waals surface area (Å²) < 4.78 is 15.3. The van der Waals surface area contributed by atoms with Crippen LogP contribution in [0.4, 0.5) is 0 Å². The number of methoxy groups -OCH3 is 1. The van der Waals surface area contributed by atoms with Gasteiger partial charge in [-0.05, 0) is 18.2 Å². The van der Waals surface area contributed by atoms with Crippen molar-refractivity contribution in [2.45, 2.75) is 12.2 Å². The number of hydrogen-bond acceptors (Lipinski definition) is 5. The molecule has 23 heavy (non-hydrogen) atoms. The fourth-order valence-electron chi connectivity index (χ4n) is 3.05. The average Bonchev–Trinajstić information content (AvgIpc) is 3.27. The lowest BCUT2D eigenvalue weighted by Crippen LogP contribution is -2.31. The highest BCUT2D eigenvalue weighted by molar-refractivity contribution is 5.70. The van der Waals surface area contributed by atoms with Gasteiger partial charge in [0.15, 0.2) is 5.75 Å². The first-order valence-electron chi connectivity index (χ1n) is 7.62. The van der Waals surface area contributed by atoms with Crippen molar-refractivity contribution in [3.8, 4) is 17.0 Å². The van der Waals surface area contributed by atoms with E-state index in [9.17, 15) is 0 Å². The third-order valence-corrected chi connectivity index (χ3v) is 4.27. The van der Waals surface area contributed by atoms with Gasteiger partial charge in [0.2, 0.25) is 0 Å². The Balaban J connectivity index is 1.69. The van der Waals surface area contributed by atoms with Crippen LogP contribution in [-0.4, -0.2) is 51.8 Å². The zero-order valence-corrected chi connectivity index (χ0v) is 13.1. The summed E-state index contributed by atoms with van der Waals surface area (Å²) in [5, 5.41) is 11.9. The quantitative estimate of drug-likeness (QED) is 0.781. The molecule has 2 unspecified atom stereocenters. The number of aromatic nitrogens is 4. The average molecular weight is 313 g/mol. The molecule has 0 spiro atoms. The highest BCUT2D eigenvalue weighted by Gasteiger charge is 2.30. The molecule has 7 nitrogen and oxygen atoms in total. The molecule has 4 rings (SSSR count). The Morgan fingerprint density at radius 2 is 2.09 bits per heavy atom. The van der Waals surface area contributed by atoms with Gasteiger partial charge in [0.1, 0.15) is 17.9 Å². The van der Waals surface area contributed by atoms with Gasteiger partial charge >= 0.3 is 0 Å². The Morgan fingerprint density at radius 1 is 1.22 bits per heavy atom. The molecule has 1 aliphatic heterocycles. The molecule has 2 atom stereocenters. The SMILES string of the molecule is COC1CNCC1Oc1cnn(C)c1-c1ccn2nccc2c1.